The number of carbonyl (C=O) groups is 1. The number of anilines is 1. The van der Waals surface area contributed by atoms with Crippen molar-refractivity contribution in [3.8, 4) is 0 Å². The third-order valence-electron chi connectivity index (χ3n) is 2.53. The Morgan fingerprint density at radius 3 is 2.00 bits per heavy atom. The minimum atomic E-state index is -3.64. The normalized spacial score (nSPS) is 13.1. The van der Waals surface area contributed by atoms with E-state index in [0.29, 0.717) is 5.69 Å². The monoisotopic (exact) mass is 271 g/mol. The van der Waals surface area contributed by atoms with Crippen molar-refractivity contribution in [3.05, 3.63) is 29.3 Å². The Morgan fingerprint density at radius 2 is 1.67 bits per heavy atom. The molecule has 0 aromatic heterocycles. The Kier molecular flexibility index (Phi) is 4.01. The number of hydrogen-bond acceptors (Lipinski definition) is 3. The lowest BCUT2D eigenvalue weighted by Crippen LogP contribution is -2.42. The zero-order chi connectivity index (χ0) is 14.1. The molecule has 0 saturated carbocycles. The van der Waals surface area contributed by atoms with Gasteiger partial charge < -0.3 is 5.11 Å². The second kappa shape index (κ2) is 4.97. The Hall–Kier alpha value is -1.56. The van der Waals surface area contributed by atoms with Crippen LogP contribution in [0, 0.1) is 13.8 Å². The van der Waals surface area contributed by atoms with Crippen LogP contribution in [0.15, 0.2) is 18.2 Å². The van der Waals surface area contributed by atoms with Crippen molar-refractivity contribution >= 4 is 21.7 Å². The average Bonchev–Trinajstić information content (AvgIpc) is 2.13. The Bertz CT molecular complexity index is 545. The largest absolute Gasteiger partial charge is 0.480 e. The summed E-state index contributed by atoms with van der Waals surface area (Å²) >= 11 is 0. The van der Waals surface area contributed by atoms with E-state index in [1.54, 1.807) is 12.1 Å². The van der Waals surface area contributed by atoms with Crippen LogP contribution in [0.5, 0.6) is 0 Å². The van der Waals surface area contributed by atoms with Crippen LogP contribution in [-0.4, -0.2) is 31.8 Å². The number of sulfonamides is 1. The number of carboxylic acids is 1. The molecule has 0 aliphatic rings. The topological polar surface area (TPSA) is 74.7 Å². The quantitative estimate of drug-likeness (QED) is 0.901. The third-order valence-corrected chi connectivity index (χ3v) is 3.77. The number of carboxylic acid groups (broad SMARTS) is 1. The molecule has 5 nitrogen and oxygen atoms in total. The summed E-state index contributed by atoms with van der Waals surface area (Å²) in [5.74, 6) is -1.18. The molecule has 1 aromatic carbocycles. The fourth-order valence-corrected chi connectivity index (χ4v) is 3.03. The molecule has 0 saturated heterocycles. The second-order valence-corrected chi connectivity index (χ2v) is 6.28. The van der Waals surface area contributed by atoms with Crippen molar-refractivity contribution in [1.29, 1.82) is 0 Å². The Labute approximate surface area is 107 Å². The summed E-state index contributed by atoms with van der Waals surface area (Å²) < 4.78 is 24.5. The van der Waals surface area contributed by atoms with Gasteiger partial charge in [0.25, 0.3) is 0 Å². The van der Waals surface area contributed by atoms with E-state index >= 15 is 0 Å². The van der Waals surface area contributed by atoms with E-state index in [2.05, 4.69) is 0 Å². The molecule has 100 valence electrons. The predicted octanol–water partition coefficient (Wildman–Crippen LogP) is 1.54. The zero-order valence-electron chi connectivity index (χ0n) is 10.8. The van der Waals surface area contributed by atoms with Crippen molar-refractivity contribution in [2.45, 2.75) is 26.8 Å². The second-order valence-electron chi connectivity index (χ2n) is 4.42. The van der Waals surface area contributed by atoms with Crippen LogP contribution >= 0.6 is 0 Å². The number of aliphatic carboxylic acids is 1. The number of aryl methyl sites for hydroxylation is 2. The smallest absolute Gasteiger partial charge is 0.327 e. The van der Waals surface area contributed by atoms with Crippen LogP contribution in [0.25, 0.3) is 0 Å². The molecule has 1 aromatic rings. The van der Waals surface area contributed by atoms with Gasteiger partial charge in [-0.25, -0.2) is 13.2 Å². The van der Waals surface area contributed by atoms with E-state index in [-0.39, 0.29) is 0 Å². The molecule has 0 fully saturated rings. The first kappa shape index (κ1) is 14.5. The van der Waals surface area contributed by atoms with Gasteiger partial charge in [-0.15, -0.1) is 0 Å². The molecule has 0 heterocycles. The molecule has 0 spiro atoms. The number of benzene rings is 1. The molecule has 18 heavy (non-hydrogen) atoms. The van der Waals surface area contributed by atoms with Crippen LogP contribution in [0.1, 0.15) is 18.1 Å². The average molecular weight is 271 g/mol. The molecule has 1 rings (SSSR count). The lowest BCUT2D eigenvalue weighted by Gasteiger charge is -2.26. The van der Waals surface area contributed by atoms with Gasteiger partial charge in [-0.2, -0.15) is 0 Å². The standard InChI is InChI=1S/C12H17NO4S/c1-8-5-9(2)7-11(6-8)13(18(4,16)17)10(3)12(14)15/h5-7,10H,1-4H3,(H,14,15)/t10-/m1/s1. The highest BCUT2D eigenvalue weighted by Gasteiger charge is 2.28. The minimum absolute atomic E-state index is 0.380. The molecule has 0 aliphatic carbocycles. The van der Waals surface area contributed by atoms with Gasteiger partial charge in [0.1, 0.15) is 6.04 Å². The van der Waals surface area contributed by atoms with Gasteiger partial charge in [0.15, 0.2) is 0 Å². The van der Waals surface area contributed by atoms with E-state index in [0.717, 1.165) is 21.7 Å². The molecule has 0 unspecified atom stereocenters. The summed E-state index contributed by atoms with van der Waals surface area (Å²) in [5, 5.41) is 9.01. The minimum Gasteiger partial charge on any atom is -0.480 e. The zero-order valence-corrected chi connectivity index (χ0v) is 11.7. The van der Waals surface area contributed by atoms with Crippen LogP contribution in [0.4, 0.5) is 5.69 Å². The van der Waals surface area contributed by atoms with Gasteiger partial charge in [0.2, 0.25) is 10.0 Å². The van der Waals surface area contributed by atoms with Gasteiger partial charge in [-0.3, -0.25) is 4.31 Å². The molecule has 0 aliphatic heterocycles. The summed E-state index contributed by atoms with van der Waals surface area (Å²) in [5.41, 5.74) is 2.15. The molecular weight excluding hydrogens is 254 g/mol. The van der Waals surface area contributed by atoms with E-state index in [1.165, 1.54) is 6.92 Å². The Balaban J connectivity index is 3.40. The van der Waals surface area contributed by atoms with Crippen molar-refractivity contribution in [3.63, 3.8) is 0 Å². The lowest BCUT2D eigenvalue weighted by molar-refractivity contribution is -0.137. The summed E-state index contributed by atoms with van der Waals surface area (Å²) in [7, 11) is -3.64. The summed E-state index contributed by atoms with van der Waals surface area (Å²) in [6.45, 7) is 5.02. The van der Waals surface area contributed by atoms with Crippen LogP contribution in [-0.2, 0) is 14.8 Å². The summed E-state index contributed by atoms with van der Waals surface area (Å²) in [6.07, 6.45) is 1.00. The van der Waals surface area contributed by atoms with Crippen molar-refractivity contribution in [2.75, 3.05) is 10.6 Å². The van der Waals surface area contributed by atoms with Crippen molar-refractivity contribution < 1.29 is 18.3 Å². The first-order chi connectivity index (χ1) is 8.12. The number of rotatable bonds is 4. The maximum Gasteiger partial charge on any atom is 0.327 e. The lowest BCUT2D eigenvalue weighted by atomic mass is 10.1. The molecule has 0 radical (unpaired) electrons. The molecule has 6 heteroatoms. The first-order valence-corrected chi connectivity index (χ1v) is 7.28. The number of hydrogen-bond donors (Lipinski definition) is 1. The highest BCUT2D eigenvalue weighted by atomic mass is 32.2. The summed E-state index contributed by atoms with van der Waals surface area (Å²) in [4.78, 5) is 11.0. The van der Waals surface area contributed by atoms with Crippen LogP contribution < -0.4 is 4.31 Å². The molecule has 0 amide bonds. The van der Waals surface area contributed by atoms with Gasteiger partial charge in [0.05, 0.1) is 11.9 Å². The maximum absolute atomic E-state index is 11.8. The van der Waals surface area contributed by atoms with Crippen LogP contribution in [0.2, 0.25) is 0 Å². The highest BCUT2D eigenvalue weighted by Crippen LogP contribution is 2.23. The molecule has 0 bridgehead atoms. The fourth-order valence-electron chi connectivity index (χ4n) is 1.88. The molecular formula is C12H17NO4S. The van der Waals surface area contributed by atoms with E-state index in [4.69, 9.17) is 5.11 Å². The van der Waals surface area contributed by atoms with Crippen molar-refractivity contribution in [2.24, 2.45) is 0 Å². The molecule has 1 N–H and O–H groups in total. The van der Waals surface area contributed by atoms with Gasteiger partial charge in [0, 0.05) is 0 Å². The SMILES string of the molecule is Cc1cc(C)cc(N([C@H](C)C(=O)O)S(C)(=O)=O)c1. The first-order valence-electron chi connectivity index (χ1n) is 5.43. The highest BCUT2D eigenvalue weighted by molar-refractivity contribution is 7.92. The third kappa shape index (κ3) is 3.22. The van der Waals surface area contributed by atoms with Crippen molar-refractivity contribution in [1.82, 2.24) is 0 Å². The van der Waals surface area contributed by atoms with Gasteiger partial charge in [-0.1, -0.05) is 6.07 Å². The van der Waals surface area contributed by atoms with E-state index in [1.807, 2.05) is 19.9 Å². The molecule has 1 atom stereocenters. The predicted molar refractivity (Wildman–Crippen MR) is 70.3 cm³/mol. The summed E-state index contributed by atoms with van der Waals surface area (Å²) in [6, 6.07) is 4.08. The maximum atomic E-state index is 11.8. The fraction of sp³-hybridized carbons (Fsp3) is 0.417. The van der Waals surface area contributed by atoms with Gasteiger partial charge >= 0.3 is 5.97 Å². The van der Waals surface area contributed by atoms with Crippen LogP contribution in [0.3, 0.4) is 0 Å². The number of nitrogens with zero attached hydrogens (tertiary/aromatic N) is 1. The van der Waals surface area contributed by atoms with Gasteiger partial charge in [-0.05, 0) is 44.0 Å². The Morgan fingerprint density at radius 1 is 1.22 bits per heavy atom. The van der Waals surface area contributed by atoms with E-state index in [9.17, 15) is 13.2 Å². The van der Waals surface area contributed by atoms with E-state index < -0.39 is 22.0 Å².